The van der Waals surface area contributed by atoms with E-state index in [4.69, 9.17) is 4.74 Å². The molecule has 0 unspecified atom stereocenters. The fourth-order valence-electron chi connectivity index (χ4n) is 1.48. The summed E-state index contributed by atoms with van der Waals surface area (Å²) in [4.78, 5) is 23.0. The molecule has 0 saturated carbocycles. The molecule has 0 atom stereocenters. The number of hydrogen-bond acceptors (Lipinski definition) is 4. The molecule has 0 saturated heterocycles. The van der Waals surface area contributed by atoms with Gasteiger partial charge in [0.05, 0.1) is 12.1 Å². The maximum Gasteiger partial charge on any atom is 0.408 e. The van der Waals surface area contributed by atoms with Gasteiger partial charge in [0.25, 0.3) is 0 Å². The fourth-order valence-corrected chi connectivity index (χ4v) is 1.81. The Kier molecular flexibility index (Phi) is 3.75. The molecule has 0 fully saturated rings. The Bertz CT molecular complexity index is 603. The maximum absolute atomic E-state index is 11.5. The van der Waals surface area contributed by atoms with Crippen LogP contribution in [0.1, 0.15) is 26.6 Å². The number of carbonyl (C=O) groups is 1. The molecule has 2 heterocycles. The smallest absolute Gasteiger partial charge is 0.408 e. The number of rotatable bonds is 2. The number of H-pyrrole nitrogens is 1. The van der Waals surface area contributed by atoms with Gasteiger partial charge in [0.1, 0.15) is 11.4 Å². The zero-order valence-corrected chi connectivity index (χ0v) is 12.5. The molecule has 0 radical (unpaired) electrons. The highest BCUT2D eigenvalue weighted by molar-refractivity contribution is 9.10. The van der Waals surface area contributed by atoms with Gasteiger partial charge in [0.2, 0.25) is 0 Å². The fraction of sp³-hybridized carbons (Fsp3) is 0.417. The highest BCUT2D eigenvalue weighted by Crippen LogP contribution is 2.15. The second-order valence-corrected chi connectivity index (χ2v) is 5.98. The Morgan fingerprint density at radius 3 is 2.95 bits per heavy atom. The van der Waals surface area contributed by atoms with E-state index in [0.717, 1.165) is 9.99 Å². The Morgan fingerprint density at radius 2 is 2.26 bits per heavy atom. The zero-order valence-electron chi connectivity index (χ0n) is 11.0. The summed E-state index contributed by atoms with van der Waals surface area (Å²) in [6.45, 7) is 5.71. The molecule has 0 bridgehead atoms. The number of pyridine rings is 1. The summed E-state index contributed by atoms with van der Waals surface area (Å²) in [5.41, 5.74) is 0.921. The van der Waals surface area contributed by atoms with Crippen LogP contribution in [0.5, 0.6) is 0 Å². The third kappa shape index (κ3) is 3.92. The van der Waals surface area contributed by atoms with Gasteiger partial charge in [-0.1, -0.05) is 0 Å². The lowest BCUT2D eigenvalue weighted by molar-refractivity contribution is 0.0522. The Balaban J connectivity index is 2.00. The number of nitrogens with one attached hydrogen (secondary N) is 2. The van der Waals surface area contributed by atoms with Gasteiger partial charge in [-0.3, -0.25) is 0 Å². The normalized spacial score (nSPS) is 11.6. The minimum Gasteiger partial charge on any atom is -0.444 e. The van der Waals surface area contributed by atoms with Crippen LogP contribution in [0.4, 0.5) is 4.79 Å². The molecule has 0 aliphatic rings. The van der Waals surface area contributed by atoms with E-state index >= 15 is 0 Å². The van der Waals surface area contributed by atoms with E-state index in [1.807, 2.05) is 26.8 Å². The number of alkyl carbamates (subject to hydrolysis) is 1. The highest BCUT2D eigenvalue weighted by Gasteiger charge is 2.16. The van der Waals surface area contributed by atoms with Gasteiger partial charge in [-0.2, -0.15) is 0 Å². The predicted octanol–water partition coefficient (Wildman–Crippen LogP) is 2.75. The number of aromatic nitrogens is 3. The summed E-state index contributed by atoms with van der Waals surface area (Å²) in [7, 11) is 0. The first-order valence-corrected chi connectivity index (χ1v) is 6.60. The lowest BCUT2D eigenvalue weighted by atomic mass is 10.2. The number of nitrogens with zero attached hydrogens (tertiary/aromatic N) is 2. The average Bonchev–Trinajstić information content (AvgIpc) is 2.66. The van der Waals surface area contributed by atoms with Gasteiger partial charge in [-0.25, -0.2) is 14.8 Å². The average molecular weight is 327 g/mol. The Hall–Kier alpha value is -1.63. The molecule has 6 nitrogen and oxygen atoms in total. The van der Waals surface area contributed by atoms with Crippen LogP contribution in [-0.2, 0) is 11.3 Å². The lowest BCUT2D eigenvalue weighted by Crippen LogP contribution is -2.32. The van der Waals surface area contributed by atoms with Gasteiger partial charge in [0, 0.05) is 10.7 Å². The topological polar surface area (TPSA) is 79.9 Å². The number of ether oxygens (including phenoxy) is 1. The van der Waals surface area contributed by atoms with E-state index in [1.54, 1.807) is 6.20 Å². The SMILES string of the molecule is CC(C)(C)OC(=O)NCc1nc2ncc(Br)cc2[nH]1. The number of halogens is 1. The minimum atomic E-state index is -0.510. The number of imidazole rings is 1. The number of carbonyl (C=O) groups excluding carboxylic acids is 1. The second-order valence-electron chi connectivity index (χ2n) is 5.06. The molecule has 1 amide bonds. The van der Waals surface area contributed by atoms with Gasteiger partial charge >= 0.3 is 6.09 Å². The molecule has 0 aromatic carbocycles. The summed E-state index contributed by atoms with van der Waals surface area (Å²) < 4.78 is 6.01. The number of fused-ring (bicyclic) bond motifs is 1. The van der Waals surface area contributed by atoms with Crippen molar-refractivity contribution < 1.29 is 9.53 Å². The first-order chi connectivity index (χ1) is 8.83. The van der Waals surface area contributed by atoms with Crippen LogP contribution in [0.3, 0.4) is 0 Å². The van der Waals surface area contributed by atoms with Crippen LogP contribution in [0.25, 0.3) is 11.2 Å². The van der Waals surface area contributed by atoms with Crippen LogP contribution in [0, 0.1) is 0 Å². The van der Waals surface area contributed by atoms with Gasteiger partial charge in [-0.05, 0) is 42.8 Å². The summed E-state index contributed by atoms with van der Waals surface area (Å²) in [5, 5.41) is 2.64. The molecule has 0 aliphatic heterocycles. The van der Waals surface area contributed by atoms with Crippen molar-refractivity contribution in [3.8, 4) is 0 Å². The molecular weight excluding hydrogens is 312 g/mol. The molecule has 0 spiro atoms. The summed E-state index contributed by atoms with van der Waals surface area (Å²) in [6.07, 6.45) is 1.20. The van der Waals surface area contributed by atoms with Crippen molar-refractivity contribution >= 4 is 33.2 Å². The van der Waals surface area contributed by atoms with Crippen LogP contribution >= 0.6 is 15.9 Å². The standard InChI is InChI=1S/C12H15BrN4O2/c1-12(2,3)19-11(18)15-6-9-16-8-4-7(13)5-14-10(8)17-9/h4-5H,6H2,1-3H3,(H,15,18)(H,14,16,17). The number of amides is 1. The van der Waals surface area contributed by atoms with Crippen molar-refractivity contribution in [3.05, 3.63) is 22.6 Å². The quantitative estimate of drug-likeness (QED) is 0.889. The predicted molar refractivity (Wildman–Crippen MR) is 74.7 cm³/mol. The van der Waals surface area contributed by atoms with Crippen molar-refractivity contribution in [2.75, 3.05) is 0 Å². The van der Waals surface area contributed by atoms with Crippen molar-refractivity contribution in [2.24, 2.45) is 0 Å². The highest BCUT2D eigenvalue weighted by atomic mass is 79.9. The van der Waals surface area contributed by atoms with E-state index in [2.05, 4.69) is 36.2 Å². The van der Waals surface area contributed by atoms with E-state index in [9.17, 15) is 4.79 Å². The van der Waals surface area contributed by atoms with Gasteiger partial charge < -0.3 is 15.0 Å². The van der Waals surface area contributed by atoms with Crippen molar-refractivity contribution in [2.45, 2.75) is 32.9 Å². The van der Waals surface area contributed by atoms with Crippen LogP contribution < -0.4 is 5.32 Å². The molecule has 2 N–H and O–H groups in total. The first-order valence-electron chi connectivity index (χ1n) is 5.80. The monoisotopic (exact) mass is 326 g/mol. The van der Waals surface area contributed by atoms with E-state index < -0.39 is 11.7 Å². The summed E-state index contributed by atoms with van der Waals surface area (Å²) >= 11 is 3.34. The van der Waals surface area contributed by atoms with E-state index in [1.165, 1.54) is 0 Å². The summed E-state index contributed by atoms with van der Waals surface area (Å²) in [5.74, 6) is 0.631. The molecule has 2 rings (SSSR count). The Morgan fingerprint density at radius 1 is 1.53 bits per heavy atom. The number of hydrogen-bond donors (Lipinski definition) is 2. The van der Waals surface area contributed by atoms with Crippen molar-refractivity contribution in [1.82, 2.24) is 20.3 Å². The first kappa shape index (κ1) is 13.8. The third-order valence-corrected chi connectivity index (χ3v) is 2.59. The lowest BCUT2D eigenvalue weighted by Gasteiger charge is -2.19. The molecular formula is C12H15BrN4O2. The Labute approximate surface area is 119 Å². The molecule has 2 aromatic rings. The minimum absolute atomic E-state index is 0.267. The maximum atomic E-state index is 11.5. The van der Waals surface area contributed by atoms with E-state index in [0.29, 0.717) is 11.5 Å². The molecule has 7 heteroatoms. The molecule has 0 aliphatic carbocycles. The third-order valence-electron chi connectivity index (χ3n) is 2.15. The largest absolute Gasteiger partial charge is 0.444 e. The van der Waals surface area contributed by atoms with Crippen molar-refractivity contribution in [3.63, 3.8) is 0 Å². The molecule has 102 valence electrons. The van der Waals surface area contributed by atoms with Crippen molar-refractivity contribution in [1.29, 1.82) is 0 Å². The molecule has 2 aromatic heterocycles. The van der Waals surface area contributed by atoms with Gasteiger partial charge in [-0.15, -0.1) is 0 Å². The number of aromatic amines is 1. The van der Waals surface area contributed by atoms with Gasteiger partial charge in [0.15, 0.2) is 5.65 Å². The zero-order chi connectivity index (χ0) is 14.0. The molecule has 19 heavy (non-hydrogen) atoms. The summed E-state index contributed by atoms with van der Waals surface area (Å²) in [6, 6.07) is 1.88. The van der Waals surface area contributed by atoms with Crippen LogP contribution in [-0.4, -0.2) is 26.6 Å². The van der Waals surface area contributed by atoms with Crippen LogP contribution in [0.15, 0.2) is 16.7 Å². The van der Waals surface area contributed by atoms with E-state index in [-0.39, 0.29) is 6.54 Å². The van der Waals surface area contributed by atoms with Crippen LogP contribution in [0.2, 0.25) is 0 Å². The second kappa shape index (κ2) is 5.16.